The van der Waals surface area contributed by atoms with Crippen LogP contribution in [0.1, 0.15) is 114 Å². The van der Waals surface area contributed by atoms with Crippen LogP contribution in [0, 0.1) is 11.3 Å². The first-order valence-corrected chi connectivity index (χ1v) is 16.9. The number of nitrogens with zero attached hydrogens (tertiary/aromatic N) is 2. The summed E-state index contributed by atoms with van der Waals surface area (Å²) in [4.78, 5) is 8.21. The number of rotatable bonds is 18. The minimum Gasteiger partial charge on any atom is -0.361 e. The second kappa shape index (κ2) is 17.7. The number of fused-ring (bicyclic) bond motifs is 2. The van der Waals surface area contributed by atoms with Gasteiger partial charge in [0.2, 0.25) is 0 Å². The van der Waals surface area contributed by atoms with Crippen molar-refractivity contribution in [3.8, 4) is 6.07 Å². The van der Waals surface area contributed by atoms with Gasteiger partial charge >= 0.3 is 0 Å². The highest BCUT2D eigenvalue weighted by Gasteiger charge is 2.16. The molecular formula is C38H46BrN3. The number of aromatic nitrogens is 2. The lowest BCUT2D eigenvalue weighted by Crippen LogP contribution is -2.03. The summed E-state index contributed by atoms with van der Waals surface area (Å²) in [5, 5.41) is 13.5. The van der Waals surface area contributed by atoms with E-state index < -0.39 is 0 Å². The average molecular weight is 625 g/mol. The SMILES string of the molecule is CCCCCCCC/C=C\CCCC(CCCC/C=C(\C#N)c1c[nH]c2ccc(Br)cc12)c1nccc2ccccc12. The lowest BCUT2D eigenvalue weighted by Gasteiger charge is -2.18. The number of allylic oxidation sites excluding steroid dienone is 4. The van der Waals surface area contributed by atoms with Crippen LogP contribution in [0.25, 0.3) is 27.2 Å². The van der Waals surface area contributed by atoms with Gasteiger partial charge in [-0.05, 0) is 81.0 Å². The topological polar surface area (TPSA) is 52.5 Å². The van der Waals surface area contributed by atoms with E-state index in [-0.39, 0.29) is 0 Å². The van der Waals surface area contributed by atoms with Crippen LogP contribution in [0.5, 0.6) is 0 Å². The van der Waals surface area contributed by atoms with Crippen molar-refractivity contribution < 1.29 is 0 Å². The summed E-state index contributed by atoms with van der Waals surface area (Å²) in [7, 11) is 0. The maximum Gasteiger partial charge on any atom is 0.0995 e. The van der Waals surface area contributed by atoms with Crippen molar-refractivity contribution in [3.05, 3.63) is 94.9 Å². The normalized spacial score (nSPS) is 12.8. The molecular weight excluding hydrogens is 578 g/mol. The summed E-state index contributed by atoms with van der Waals surface area (Å²) < 4.78 is 1.02. The van der Waals surface area contributed by atoms with Crippen molar-refractivity contribution in [2.45, 2.75) is 103 Å². The number of H-pyrrole nitrogens is 1. The zero-order valence-electron chi connectivity index (χ0n) is 25.3. The van der Waals surface area contributed by atoms with Gasteiger partial charge in [-0.25, -0.2) is 0 Å². The Labute approximate surface area is 261 Å². The lowest BCUT2D eigenvalue weighted by atomic mass is 9.89. The number of hydrogen-bond acceptors (Lipinski definition) is 2. The molecule has 3 nitrogen and oxygen atoms in total. The van der Waals surface area contributed by atoms with Gasteiger partial charge in [-0.1, -0.05) is 104 Å². The van der Waals surface area contributed by atoms with Gasteiger partial charge in [0.05, 0.1) is 17.3 Å². The van der Waals surface area contributed by atoms with E-state index in [9.17, 15) is 5.26 Å². The third-order valence-electron chi connectivity index (χ3n) is 8.32. The van der Waals surface area contributed by atoms with Crippen LogP contribution in [0.15, 0.2) is 83.6 Å². The zero-order chi connectivity index (χ0) is 29.4. The molecule has 4 heteroatoms. The van der Waals surface area contributed by atoms with Crippen LogP contribution in [-0.2, 0) is 0 Å². The van der Waals surface area contributed by atoms with E-state index in [2.05, 4.69) is 88.5 Å². The van der Waals surface area contributed by atoms with E-state index in [0.29, 0.717) is 5.92 Å². The van der Waals surface area contributed by atoms with Crippen LogP contribution in [-0.4, -0.2) is 9.97 Å². The van der Waals surface area contributed by atoms with Crippen molar-refractivity contribution in [1.82, 2.24) is 9.97 Å². The zero-order valence-corrected chi connectivity index (χ0v) is 26.8. The maximum absolute atomic E-state index is 9.90. The van der Waals surface area contributed by atoms with E-state index in [1.54, 1.807) is 0 Å². The van der Waals surface area contributed by atoms with Crippen molar-refractivity contribution in [2.24, 2.45) is 0 Å². The Morgan fingerprint density at radius 3 is 2.50 bits per heavy atom. The molecule has 0 fully saturated rings. The maximum atomic E-state index is 9.90. The smallest absolute Gasteiger partial charge is 0.0995 e. The summed E-state index contributed by atoms with van der Waals surface area (Å²) in [6.07, 6.45) is 27.9. The second-order valence-corrected chi connectivity index (χ2v) is 12.4. The van der Waals surface area contributed by atoms with Crippen LogP contribution < -0.4 is 0 Å². The molecule has 4 rings (SSSR count). The highest BCUT2D eigenvalue weighted by atomic mass is 79.9. The molecule has 1 unspecified atom stereocenters. The monoisotopic (exact) mass is 623 g/mol. The van der Waals surface area contributed by atoms with E-state index in [1.807, 2.05) is 24.5 Å². The van der Waals surface area contributed by atoms with Gasteiger partial charge in [0.15, 0.2) is 0 Å². The molecule has 0 aliphatic rings. The summed E-state index contributed by atoms with van der Waals surface area (Å²) in [5.74, 6) is 0.452. The second-order valence-electron chi connectivity index (χ2n) is 11.5. The standard InChI is InChI=1S/C38H46BrN3/c1-2-3-4-5-6-7-8-9-10-11-13-19-31(38-34-22-17-16-18-30(34)25-26-41-38)20-14-12-15-21-32(28-40)36-29-42-37-24-23-33(39)27-35(36)37/h9-10,16-18,21-27,29,31,42H,2-8,11-15,19-20H2,1H3/b10-9-,32-21+. The van der Waals surface area contributed by atoms with Crippen molar-refractivity contribution in [1.29, 1.82) is 5.26 Å². The molecule has 2 heterocycles. The summed E-state index contributed by atoms with van der Waals surface area (Å²) in [6, 6.07) is 19.4. The van der Waals surface area contributed by atoms with Gasteiger partial charge in [0.25, 0.3) is 0 Å². The number of pyridine rings is 1. The molecule has 0 saturated carbocycles. The van der Waals surface area contributed by atoms with Gasteiger partial charge < -0.3 is 4.98 Å². The van der Waals surface area contributed by atoms with Gasteiger partial charge in [-0.15, -0.1) is 0 Å². The number of benzene rings is 2. The summed E-state index contributed by atoms with van der Waals surface area (Å²) in [5.41, 5.74) is 4.04. The average Bonchev–Trinajstić information content (AvgIpc) is 3.43. The van der Waals surface area contributed by atoms with Gasteiger partial charge in [0.1, 0.15) is 0 Å². The minimum atomic E-state index is 0.452. The molecule has 0 bridgehead atoms. The van der Waals surface area contributed by atoms with E-state index in [0.717, 1.165) is 65.0 Å². The van der Waals surface area contributed by atoms with Crippen LogP contribution in [0.4, 0.5) is 0 Å². The fourth-order valence-electron chi connectivity index (χ4n) is 5.96. The Balaban J connectivity index is 1.31. The number of nitrogens with one attached hydrogen (secondary N) is 1. The molecule has 0 radical (unpaired) electrons. The molecule has 0 amide bonds. The number of nitriles is 1. The highest BCUT2D eigenvalue weighted by molar-refractivity contribution is 9.10. The lowest BCUT2D eigenvalue weighted by molar-refractivity contribution is 0.518. The third-order valence-corrected chi connectivity index (χ3v) is 8.81. The molecule has 0 aliphatic carbocycles. The molecule has 42 heavy (non-hydrogen) atoms. The van der Waals surface area contributed by atoms with Crippen molar-refractivity contribution >= 4 is 43.2 Å². The molecule has 0 saturated heterocycles. The Morgan fingerprint density at radius 1 is 0.881 bits per heavy atom. The predicted molar refractivity (Wildman–Crippen MR) is 184 cm³/mol. The van der Waals surface area contributed by atoms with Gasteiger partial charge in [-0.2, -0.15) is 5.26 Å². The Kier molecular flexibility index (Phi) is 13.4. The van der Waals surface area contributed by atoms with E-state index in [1.165, 1.54) is 67.8 Å². The quantitative estimate of drug-likeness (QED) is 0.0680. The number of aromatic amines is 1. The summed E-state index contributed by atoms with van der Waals surface area (Å²) >= 11 is 3.56. The number of unbranched alkanes of at least 4 members (excludes halogenated alkanes) is 9. The number of halogens is 1. The van der Waals surface area contributed by atoms with Crippen LogP contribution in [0.2, 0.25) is 0 Å². The van der Waals surface area contributed by atoms with E-state index >= 15 is 0 Å². The van der Waals surface area contributed by atoms with Crippen molar-refractivity contribution in [2.75, 3.05) is 0 Å². The molecule has 220 valence electrons. The summed E-state index contributed by atoms with van der Waals surface area (Å²) in [6.45, 7) is 2.28. The largest absolute Gasteiger partial charge is 0.361 e. The van der Waals surface area contributed by atoms with E-state index in [4.69, 9.17) is 4.98 Å². The molecule has 1 atom stereocenters. The fraction of sp³-hybridized carbons (Fsp3) is 0.421. The van der Waals surface area contributed by atoms with Gasteiger partial charge in [0, 0.05) is 44.6 Å². The first-order valence-electron chi connectivity index (χ1n) is 16.1. The third kappa shape index (κ3) is 9.43. The fourth-order valence-corrected chi connectivity index (χ4v) is 6.32. The van der Waals surface area contributed by atoms with Crippen LogP contribution in [0.3, 0.4) is 0 Å². The Bertz CT molecular complexity index is 1480. The molecule has 1 N–H and O–H groups in total. The molecule has 0 spiro atoms. The Morgan fingerprint density at radius 2 is 1.64 bits per heavy atom. The molecule has 2 aromatic carbocycles. The molecule has 2 aromatic heterocycles. The predicted octanol–water partition coefficient (Wildman–Crippen LogP) is 12.2. The van der Waals surface area contributed by atoms with Crippen LogP contribution >= 0.6 is 15.9 Å². The van der Waals surface area contributed by atoms with Crippen molar-refractivity contribution in [3.63, 3.8) is 0 Å². The minimum absolute atomic E-state index is 0.452. The Hall–Kier alpha value is -3.16. The molecule has 4 aromatic rings. The first kappa shape index (κ1) is 31.8. The molecule has 0 aliphatic heterocycles. The van der Waals surface area contributed by atoms with Gasteiger partial charge in [-0.3, -0.25) is 4.98 Å². The first-order chi connectivity index (χ1) is 20.7. The number of hydrogen-bond donors (Lipinski definition) is 1. The highest BCUT2D eigenvalue weighted by Crippen LogP contribution is 2.32.